The van der Waals surface area contributed by atoms with E-state index in [9.17, 15) is 0 Å². The van der Waals surface area contributed by atoms with Crippen LogP contribution in [0.1, 0.15) is 0 Å². The minimum absolute atomic E-state index is 0.547. The summed E-state index contributed by atoms with van der Waals surface area (Å²) in [5.74, 6) is 1.71. The zero-order valence-electron chi connectivity index (χ0n) is 35.1. The van der Waals surface area contributed by atoms with Crippen LogP contribution in [0.25, 0.3) is 142 Å². The first-order chi connectivity index (χ1) is 32.7. The second-order valence-corrected chi connectivity index (χ2v) is 18.2. The Bertz CT molecular complexity index is 4500. The lowest BCUT2D eigenvalue weighted by atomic mass is 10.0. The van der Waals surface area contributed by atoms with Gasteiger partial charge in [0.15, 0.2) is 11.6 Å². The molecule has 0 saturated carbocycles. The fraction of sp³-hybridized carbons (Fsp3) is 0. The SMILES string of the molecule is c1ccc2cc3c(cc2c1)c1c2ccccc2ccc1n3-c1cc2oc3ccccc3c2cc1-c1nc(-c2ccc3c(c2)sc2ccccc23)nc(-n2c3ccccc3c3ccccc32)n1. The molecule has 7 heteroatoms. The summed E-state index contributed by atoms with van der Waals surface area (Å²) in [6, 6.07) is 71.4. The molecule has 306 valence electrons. The van der Waals surface area contributed by atoms with Gasteiger partial charge in [0.25, 0.3) is 0 Å². The summed E-state index contributed by atoms with van der Waals surface area (Å²) in [4.78, 5) is 16.5. The van der Waals surface area contributed by atoms with Crippen LogP contribution in [0.15, 0.2) is 205 Å². The molecule has 15 aromatic rings. The maximum Gasteiger partial charge on any atom is 0.238 e. The minimum atomic E-state index is 0.547. The first-order valence-corrected chi connectivity index (χ1v) is 23.0. The van der Waals surface area contributed by atoms with Gasteiger partial charge in [-0.2, -0.15) is 9.97 Å². The number of nitrogens with zero attached hydrogens (tertiary/aromatic N) is 5. The minimum Gasteiger partial charge on any atom is -0.456 e. The van der Waals surface area contributed by atoms with E-state index in [2.05, 4.69) is 197 Å². The highest BCUT2D eigenvalue weighted by Crippen LogP contribution is 2.44. The van der Waals surface area contributed by atoms with Crippen molar-refractivity contribution >= 4 is 119 Å². The van der Waals surface area contributed by atoms with Crippen molar-refractivity contribution in [1.82, 2.24) is 24.1 Å². The van der Waals surface area contributed by atoms with Crippen LogP contribution in [0.3, 0.4) is 0 Å². The molecule has 0 aliphatic heterocycles. The Morgan fingerprint density at radius 2 is 1.02 bits per heavy atom. The van der Waals surface area contributed by atoms with Gasteiger partial charge >= 0.3 is 0 Å². The maximum absolute atomic E-state index is 6.72. The van der Waals surface area contributed by atoms with Crippen LogP contribution in [-0.2, 0) is 0 Å². The summed E-state index contributed by atoms with van der Waals surface area (Å²) in [6.07, 6.45) is 0. The van der Waals surface area contributed by atoms with Crippen LogP contribution in [0.2, 0.25) is 0 Å². The number of benzene rings is 10. The molecule has 10 aromatic carbocycles. The van der Waals surface area contributed by atoms with E-state index >= 15 is 0 Å². The van der Waals surface area contributed by atoms with E-state index in [0.717, 1.165) is 77.0 Å². The monoisotopic (exact) mass is 859 g/mol. The molecule has 0 atom stereocenters. The van der Waals surface area contributed by atoms with Gasteiger partial charge in [-0.3, -0.25) is 4.57 Å². The molecule has 66 heavy (non-hydrogen) atoms. The van der Waals surface area contributed by atoms with Gasteiger partial charge in [0, 0.05) is 69.7 Å². The summed E-state index contributed by atoms with van der Waals surface area (Å²) in [7, 11) is 0. The van der Waals surface area contributed by atoms with Crippen LogP contribution in [0, 0.1) is 0 Å². The Kier molecular flexibility index (Phi) is 7.28. The van der Waals surface area contributed by atoms with Crippen molar-refractivity contribution in [2.45, 2.75) is 0 Å². The highest BCUT2D eigenvalue weighted by atomic mass is 32.1. The lowest BCUT2D eigenvalue weighted by Gasteiger charge is -2.16. The molecule has 0 bridgehead atoms. The van der Waals surface area contributed by atoms with E-state index in [1.165, 1.54) is 47.1 Å². The third kappa shape index (κ3) is 5.08. The highest BCUT2D eigenvalue weighted by molar-refractivity contribution is 7.25. The van der Waals surface area contributed by atoms with Gasteiger partial charge in [0.2, 0.25) is 5.95 Å². The molecule has 0 aliphatic carbocycles. The number of para-hydroxylation sites is 3. The van der Waals surface area contributed by atoms with Crippen molar-refractivity contribution in [3.05, 3.63) is 200 Å². The molecular formula is C59H33N5OS. The zero-order chi connectivity index (χ0) is 43.0. The van der Waals surface area contributed by atoms with Gasteiger partial charge in [-0.15, -0.1) is 11.3 Å². The topological polar surface area (TPSA) is 61.7 Å². The summed E-state index contributed by atoms with van der Waals surface area (Å²) >= 11 is 1.79. The third-order valence-corrected chi connectivity index (χ3v) is 14.7. The molecule has 0 radical (unpaired) electrons. The normalized spacial score (nSPS) is 12.2. The van der Waals surface area contributed by atoms with Crippen molar-refractivity contribution in [2.24, 2.45) is 0 Å². The Balaban J connectivity index is 1.09. The average Bonchev–Trinajstić information content (AvgIpc) is 4.12. The predicted octanol–water partition coefficient (Wildman–Crippen LogP) is 16.0. The van der Waals surface area contributed by atoms with Gasteiger partial charge < -0.3 is 8.98 Å². The molecule has 6 nitrogen and oxygen atoms in total. The first-order valence-electron chi connectivity index (χ1n) is 22.2. The van der Waals surface area contributed by atoms with Crippen molar-refractivity contribution in [1.29, 1.82) is 0 Å². The van der Waals surface area contributed by atoms with E-state index in [4.69, 9.17) is 19.4 Å². The highest BCUT2D eigenvalue weighted by Gasteiger charge is 2.25. The summed E-state index contributed by atoms with van der Waals surface area (Å²) < 4.78 is 13.8. The molecule has 5 aromatic heterocycles. The number of hydrogen-bond acceptors (Lipinski definition) is 5. The molecular weight excluding hydrogens is 827 g/mol. The van der Waals surface area contributed by atoms with E-state index in [-0.39, 0.29) is 0 Å². The number of fused-ring (bicyclic) bond motifs is 15. The molecule has 5 heterocycles. The van der Waals surface area contributed by atoms with E-state index < -0.39 is 0 Å². The summed E-state index contributed by atoms with van der Waals surface area (Å²) in [6.45, 7) is 0. The molecule has 0 unspecified atom stereocenters. The van der Waals surface area contributed by atoms with Crippen molar-refractivity contribution in [3.8, 4) is 34.4 Å². The van der Waals surface area contributed by atoms with Crippen molar-refractivity contribution < 1.29 is 4.42 Å². The fourth-order valence-corrected chi connectivity index (χ4v) is 11.7. The van der Waals surface area contributed by atoms with Crippen LogP contribution in [-0.4, -0.2) is 24.1 Å². The Hall–Kier alpha value is -8.65. The Morgan fingerprint density at radius 1 is 0.364 bits per heavy atom. The summed E-state index contributed by atoms with van der Waals surface area (Å²) in [5.41, 5.74) is 8.55. The van der Waals surface area contributed by atoms with Crippen LogP contribution < -0.4 is 0 Å². The van der Waals surface area contributed by atoms with Gasteiger partial charge in [-0.05, 0) is 76.1 Å². The zero-order valence-corrected chi connectivity index (χ0v) is 35.9. The molecule has 0 N–H and O–H groups in total. The van der Waals surface area contributed by atoms with Crippen LogP contribution in [0.4, 0.5) is 0 Å². The number of aromatic nitrogens is 5. The molecule has 0 aliphatic rings. The molecule has 0 amide bonds. The standard InChI is InChI=1S/C59H33N5OS/c1-2-15-36-30-50-45(29-35(36)14-1)56-38-16-4-3-13-34(38)26-28-49(56)63(50)51-33-53-44(41-19-7-11-23-52(41)65-53)32-46(51)58-60-57(37-25-27-43-42-20-8-12-24-54(42)66-55(43)31-37)61-59(62-58)64-47-21-9-5-17-39(47)40-18-6-10-22-48(40)64/h1-33H. The second-order valence-electron chi connectivity index (χ2n) is 17.2. The molecule has 0 saturated heterocycles. The predicted molar refractivity (Wildman–Crippen MR) is 275 cm³/mol. The molecule has 15 rings (SSSR count). The quantitative estimate of drug-likeness (QED) is 0.177. The number of hydrogen-bond donors (Lipinski definition) is 0. The van der Waals surface area contributed by atoms with Gasteiger partial charge in [-0.25, -0.2) is 4.98 Å². The fourth-order valence-electron chi connectivity index (χ4n) is 10.6. The maximum atomic E-state index is 6.72. The summed E-state index contributed by atoms with van der Waals surface area (Å²) in [5, 5.41) is 13.9. The van der Waals surface area contributed by atoms with Gasteiger partial charge in [-0.1, -0.05) is 140 Å². The Morgan fingerprint density at radius 3 is 1.83 bits per heavy atom. The molecule has 0 spiro atoms. The number of thiophene rings is 1. The lowest BCUT2D eigenvalue weighted by Crippen LogP contribution is -2.08. The second kappa shape index (κ2) is 13.4. The number of rotatable bonds is 4. The van der Waals surface area contributed by atoms with Crippen molar-refractivity contribution in [3.63, 3.8) is 0 Å². The smallest absolute Gasteiger partial charge is 0.238 e. The van der Waals surface area contributed by atoms with Gasteiger partial charge in [0.05, 0.1) is 27.8 Å². The Labute approximate surface area is 379 Å². The van der Waals surface area contributed by atoms with Crippen LogP contribution in [0.5, 0.6) is 0 Å². The van der Waals surface area contributed by atoms with E-state index in [1.807, 2.05) is 12.1 Å². The average molecular weight is 860 g/mol. The lowest BCUT2D eigenvalue weighted by molar-refractivity contribution is 0.668. The first kappa shape index (κ1) is 35.8. The van der Waals surface area contributed by atoms with E-state index in [1.54, 1.807) is 11.3 Å². The molecule has 0 fully saturated rings. The van der Waals surface area contributed by atoms with E-state index in [0.29, 0.717) is 17.6 Å². The largest absolute Gasteiger partial charge is 0.456 e. The number of furan rings is 1. The van der Waals surface area contributed by atoms with Gasteiger partial charge in [0.1, 0.15) is 11.2 Å². The van der Waals surface area contributed by atoms with Crippen molar-refractivity contribution in [2.75, 3.05) is 0 Å². The third-order valence-electron chi connectivity index (χ3n) is 13.5. The van der Waals surface area contributed by atoms with Crippen LogP contribution >= 0.6 is 11.3 Å².